The number of furan rings is 1. The highest BCUT2D eigenvalue weighted by Gasteiger charge is 2.25. The molecule has 3 aromatic heterocycles. The van der Waals surface area contributed by atoms with E-state index in [1.54, 1.807) is 56.0 Å². The second kappa shape index (κ2) is 15.0. The zero-order chi connectivity index (χ0) is 32.8. The van der Waals surface area contributed by atoms with Crippen LogP contribution in [0.25, 0.3) is 11.0 Å². The summed E-state index contributed by atoms with van der Waals surface area (Å²) in [6.07, 6.45) is 5.54. The molecule has 1 aliphatic heterocycles. The number of carbonyl (C=O) groups is 1. The molecular formula is C36H43N5O5S. The molecule has 0 N–H and O–H groups in total. The number of rotatable bonds is 13. The maximum atomic E-state index is 13.6. The monoisotopic (exact) mass is 657 g/mol. The van der Waals surface area contributed by atoms with Crippen molar-refractivity contribution >= 4 is 34.2 Å². The van der Waals surface area contributed by atoms with Gasteiger partial charge >= 0.3 is 0 Å². The summed E-state index contributed by atoms with van der Waals surface area (Å²) >= 11 is 1.75. The van der Waals surface area contributed by atoms with E-state index in [2.05, 4.69) is 50.1 Å². The minimum atomic E-state index is -0.0884. The summed E-state index contributed by atoms with van der Waals surface area (Å²) in [4.78, 5) is 26.8. The third kappa shape index (κ3) is 7.26. The molecule has 10 nitrogen and oxygen atoms in total. The molecule has 11 heteroatoms. The summed E-state index contributed by atoms with van der Waals surface area (Å²) in [5.41, 5.74) is 3.77. The highest BCUT2D eigenvalue weighted by molar-refractivity contribution is 7.10. The van der Waals surface area contributed by atoms with Crippen LogP contribution in [0.15, 0.2) is 76.9 Å². The van der Waals surface area contributed by atoms with Crippen molar-refractivity contribution in [3.8, 4) is 17.2 Å². The molecule has 6 rings (SSSR count). The van der Waals surface area contributed by atoms with Gasteiger partial charge in [0.2, 0.25) is 11.7 Å². The number of ether oxygens (including phenoxy) is 3. The SMILES string of the molecule is COc1cc(C(=O)N(C)CC(CCN2CCCN(c3nc4ccccc4n3Cc3ccoc3)CC2)c2cccs2)cc(OC)c1OC. The van der Waals surface area contributed by atoms with Gasteiger partial charge in [0.05, 0.1) is 51.4 Å². The van der Waals surface area contributed by atoms with Gasteiger partial charge in [-0.2, -0.15) is 0 Å². The number of fused-ring (bicyclic) bond motifs is 1. The molecule has 0 radical (unpaired) electrons. The number of aromatic nitrogens is 2. The predicted octanol–water partition coefficient (Wildman–Crippen LogP) is 6.22. The van der Waals surface area contributed by atoms with Crippen LogP contribution in [0.4, 0.5) is 5.95 Å². The van der Waals surface area contributed by atoms with Gasteiger partial charge in [0.1, 0.15) is 0 Å². The summed E-state index contributed by atoms with van der Waals surface area (Å²) in [6.45, 7) is 6.10. The fourth-order valence-corrected chi connectivity index (χ4v) is 7.30. The first kappa shape index (κ1) is 32.5. The zero-order valence-electron chi connectivity index (χ0n) is 27.6. The summed E-state index contributed by atoms with van der Waals surface area (Å²) in [7, 11) is 6.54. The standard InChI is InChI=1S/C36H43N5O5S/c1-38(35(42)28-21-31(43-2)34(45-4)32(22-28)44-3)24-27(33-11-7-20-47-33)12-16-39-14-8-15-40(18-17-39)36-37-29-9-5-6-10-30(29)41(36)23-26-13-19-46-25-26/h5-7,9-11,13,19-22,25,27H,8,12,14-18,23-24H2,1-4H3. The first-order valence-electron chi connectivity index (χ1n) is 16.0. The van der Waals surface area contributed by atoms with Crippen LogP contribution in [0.1, 0.15) is 39.6 Å². The van der Waals surface area contributed by atoms with Crippen LogP contribution < -0.4 is 19.1 Å². The van der Waals surface area contributed by atoms with E-state index in [4.69, 9.17) is 23.6 Å². The van der Waals surface area contributed by atoms with E-state index in [1.165, 1.54) is 4.88 Å². The molecular weight excluding hydrogens is 614 g/mol. The molecule has 1 aliphatic rings. The number of hydrogen-bond donors (Lipinski definition) is 0. The molecule has 1 amide bonds. The second-order valence-corrected chi connectivity index (χ2v) is 12.9. The molecule has 1 atom stereocenters. The Bertz CT molecular complexity index is 1730. The number of nitrogens with zero attached hydrogens (tertiary/aromatic N) is 5. The molecule has 4 heterocycles. The van der Waals surface area contributed by atoms with E-state index in [0.717, 1.165) is 74.7 Å². The van der Waals surface area contributed by atoms with Gasteiger partial charge in [0.25, 0.3) is 5.91 Å². The Morgan fingerprint density at radius 2 is 1.81 bits per heavy atom. The summed E-state index contributed by atoms with van der Waals surface area (Å²) in [5, 5.41) is 2.11. The number of para-hydroxylation sites is 2. The van der Waals surface area contributed by atoms with Crippen molar-refractivity contribution in [2.24, 2.45) is 0 Å². The Balaban J connectivity index is 1.12. The number of methoxy groups -OCH3 is 3. The van der Waals surface area contributed by atoms with Crippen LogP contribution in [0.3, 0.4) is 0 Å². The average molecular weight is 658 g/mol. The number of anilines is 1. The molecule has 0 spiro atoms. The third-order valence-corrected chi connectivity index (χ3v) is 9.95. The number of benzene rings is 2. The van der Waals surface area contributed by atoms with Gasteiger partial charge in [0.15, 0.2) is 11.5 Å². The molecule has 248 valence electrons. The fourth-order valence-electron chi connectivity index (χ4n) is 6.44. The number of imidazole rings is 1. The average Bonchev–Trinajstić information content (AvgIpc) is 3.86. The van der Waals surface area contributed by atoms with Crippen LogP contribution in [0.2, 0.25) is 0 Å². The van der Waals surface area contributed by atoms with E-state index in [0.29, 0.717) is 29.4 Å². The van der Waals surface area contributed by atoms with Crippen LogP contribution in [-0.2, 0) is 6.54 Å². The maximum absolute atomic E-state index is 13.6. The highest BCUT2D eigenvalue weighted by atomic mass is 32.1. The summed E-state index contributed by atoms with van der Waals surface area (Å²) in [5.74, 6) is 2.53. The van der Waals surface area contributed by atoms with Crippen molar-refractivity contribution < 1.29 is 23.4 Å². The van der Waals surface area contributed by atoms with E-state index in [9.17, 15) is 4.79 Å². The summed E-state index contributed by atoms with van der Waals surface area (Å²) in [6, 6.07) is 18.1. The minimum Gasteiger partial charge on any atom is -0.493 e. The lowest BCUT2D eigenvalue weighted by atomic mass is 10.0. The largest absolute Gasteiger partial charge is 0.493 e. The lowest BCUT2D eigenvalue weighted by molar-refractivity contribution is 0.0782. The minimum absolute atomic E-state index is 0.0884. The molecule has 5 aromatic rings. The molecule has 1 unspecified atom stereocenters. The Morgan fingerprint density at radius 1 is 1.00 bits per heavy atom. The van der Waals surface area contributed by atoms with Crippen LogP contribution in [-0.4, -0.2) is 92.9 Å². The van der Waals surface area contributed by atoms with Gasteiger partial charge < -0.3 is 37.9 Å². The number of hydrogen-bond acceptors (Lipinski definition) is 9. The lowest BCUT2D eigenvalue weighted by Gasteiger charge is -2.27. The van der Waals surface area contributed by atoms with Gasteiger partial charge in [-0.15, -0.1) is 11.3 Å². The normalized spacial score (nSPS) is 14.6. The Hall–Kier alpha value is -4.48. The molecule has 0 aliphatic carbocycles. The van der Waals surface area contributed by atoms with E-state index >= 15 is 0 Å². The molecule has 1 fully saturated rings. The van der Waals surface area contributed by atoms with Gasteiger partial charge in [-0.25, -0.2) is 4.98 Å². The Kier molecular flexibility index (Phi) is 10.3. The van der Waals surface area contributed by atoms with Gasteiger partial charge in [0, 0.05) is 55.1 Å². The molecule has 0 bridgehead atoms. The fraction of sp³-hybridized carbons (Fsp3) is 0.389. The van der Waals surface area contributed by atoms with Crippen molar-refractivity contribution in [2.45, 2.75) is 25.3 Å². The number of amides is 1. The van der Waals surface area contributed by atoms with Crippen molar-refractivity contribution in [3.63, 3.8) is 0 Å². The van der Waals surface area contributed by atoms with Crippen molar-refractivity contribution in [1.29, 1.82) is 0 Å². The quantitative estimate of drug-likeness (QED) is 0.148. The van der Waals surface area contributed by atoms with E-state index in [1.807, 2.05) is 25.4 Å². The molecule has 47 heavy (non-hydrogen) atoms. The number of likely N-dealkylation sites (N-methyl/N-ethyl adjacent to an activating group) is 1. The number of thiophene rings is 1. The van der Waals surface area contributed by atoms with Gasteiger partial charge in [-0.05, 0) is 67.7 Å². The molecule has 2 aromatic carbocycles. The topological polar surface area (TPSA) is 85.4 Å². The van der Waals surface area contributed by atoms with Crippen LogP contribution in [0.5, 0.6) is 17.2 Å². The first-order valence-corrected chi connectivity index (χ1v) is 16.9. The Morgan fingerprint density at radius 3 is 2.51 bits per heavy atom. The van der Waals surface area contributed by atoms with Gasteiger partial charge in [-0.1, -0.05) is 18.2 Å². The van der Waals surface area contributed by atoms with Crippen LogP contribution in [0, 0.1) is 0 Å². The zero-order valence-corrected chi connectivity index (χ0v) is 28.4. The van der Waals surface area contributed by atoms with Crippen molar-refractivity contribution in [1.82, 2.24) is 19.4 Å². The lowest BCUT2D eigenvalue weighted by Crippen LogP contribution is -2.35. The molecule has 1 saturated heterocycles. The third-order valence-electron chi connectivity index (χ3n) is 8.92. The Labute approximate surface area is 280 Å². The van der Waals surface area contributed by atoms with Crippen LogP contribution >= 0.6 is 11.3 Å². The van der Waals surface area contributed by atoms with Crippen molar-refractivity contribution in [2.75, 3.05) is 72.5 Å². The highest BCUT2D eigenvalue weighted by Crippen LogP contribution is 2.38. The van der Waals surface area contributed by atoms with Crippen molar-refractivity contribution in [3.05, 3.63) is 88.5 Å². The van der Waals surface area contributed by atoms with Gasteiger partial charge in [-0.3, -0.25) is 4.79 Å². The maximum Gasteiger partial charge on any atom is 0.253 e. The smallest absolute Gasteiger partial charge is 0.253 e. The van der Waals surface area contributed by atoms with E-state index in [-0.39, 0.29) is 11.8 Å². The van der Waals surface area contributed by atoms with E-state index < -0.39 is 0 Å². The number of carbonyl (C=O) groups excluding carboxylic acids is 1. The molecule has 0 saturated carbocycles. The first-order chi connectivity index (χ1) is 23.0. The second-order valence-electron chi connectivity index (χ2n) is 11.9. The predicted molar refractivity (Wildman–Crippen MR) is 186 cm³/mol. The summed E-state index contributed by atoms with van der Waals surface area (Å²) < 4.78 is 24.1.